The molecule has 1 aromatic heterocycles. The molecule has 0 saturated carbocycles. The summed E-state index contributed by atoms with van der Waals surface area (Å²) in [7, 11) is 0. The predicted molar refractivity (Wildman–Crippen MR) is 129 cm³/mol. The number of carboxylic acid groups (broad SMARTS) is 1. The number of benzene rings is 3. The third-order valence-electron chi connectivity index (χ3n) is 5.53. The quantitative estimate of drug-likeness (QED) is 0.424. The molecule has 1 aliphatic heterocycles. The Hall–Kier alpha value is -4.59. The number of aromatic nitrogens is 2. The molecule has 0 spiro atoms. The van der Waals surface area contributed by atoms with E-state index in [0.29, 0.717) is 41.9 Å². The number of para-hydroxylation sites is 1. The minimum absolute atomic E-state index is 0.190. The number of fused-ring (bicyclic) bond motifs is 1. The molecule has 5 rings (SSSR count). The van der Waals surface area contributed by atoms with Crippen molar-refractivity contribution in [1.82, 2.24) is 15.0 Å². The van der Waals surface area contributed by atoms with E-state index >= 15 is 0 Å². The van der Waals surface area contributed by atoms with Gasteiger partial charge < -0.3 is 14.7 Å². The Morgan fingerprint density at radius 1 is 1.09 bits per heavy atom. The lowest BCUT2D eigenvalue weighted by Crippen LogP contribution is -2.18. The van der Waals surface area contributed by atoms with E-state index in [4.69, 9.17) is 9.57 Å². The van der Waals surface area contributed by atoms with E-state index < -0.39 is 5.97 Å². The number of ether oxygens (including phenoxy) is 1. The van der Waals surface area contributed by atoms with Gasteiger partial charge in [0.1, 0.15) is 0 Å². The van der Waals surface area contributed by atoms with Crippen molar-refractivity contribution >= 4 is 22.8 Å². The van der Waals surface area contributed by atoms with Gasteiger partial charge in [-0.15, -0.1) is 0 Å². The summed E-state index contributed by atoms with van der Waals surface area (Å²) in [6, 6.07) is 21.4. The normalized spacial score (nSPS) is 12.9. The Kier molecular flexibility index (Phi) is 5.47. The van der Waals surface area contributed by atoms with Crippen LogP contribution in [0.4, 0.5) is 0 Å². The van der Waals surface area contributed by atoms with Gasteiger partial charge in [0.15, 0.2) is 5.84 Å². The molecule has 2 heterocycles. The fourth-order valence-electron chi connectivity index (χ4n) is 4.03. The van der Waals surface area contributed by atoms with Crippen LogP contribution in [0, 0.1) is 0 Å². The average Bonchev–Trinajstić information content (AvgIpc) is 3.43. The van der Waals surface area contributed by atoms with Crippen LogP contribution in [0.15, 0.2) is 84.2 Å². The summed E-state index contributed by atoms with van der Waals surface area (Å²) in [6.45, 7) is 6.43. The molecule has 4 aromatic rings. The summed E-state index contributed by atoms with van der Waals surface area (Å²) in [6.07, 6.45) is 0. The second kappa shape index (κ2) is 8.74. The summed E-state index contributed by atoms with van der Waals surface area (Å²) in [5.41, 5.74) is 8.00. The van der Waals surface area contributed by atoms with Gasteiger partial charge in [-0.05, 0) is 42.3 Å². The molecule has 1 aliphatic rings. The Labute approximate surface area is 195 Å². The molecule has 0 amide bonds. The van der Waals surface area contributed by atoms with Crippen molar-refractivity contribution in [2.45, 2.75) is 13.5 Å². The van der Waals surface area contributed by atoms with Gasteiger partial charge in [0.25, 0.3) is 6.01 Å². The van der Waals surface area contributed by atoms with E-state index in [1.165, 1.54) is 0 Å². The summed E-state index contributed by atoms with van der Waals surface area (Å²) < 4.78 is 7.53. The molecule has 0 unspecified atom stereocenters. The highest BCUT2D eigenvalue weighted by Gasteiger charge is 2.19. The van der Waals surface area contributed by atoms with Crippen LogP contribution in [0.5, 0.6) is 6.01 Å². The Balaban J connectivity index is 1.51. The minimum atomic E-state index is -1.00. The third kappa shape index (κ3) is 3.86. The van der Waals surface area contributed by atoms with Gasteiger partial charge in [-0.1, -0.05) is 54.6 Å². The summed E-state index contributed by atoms with van der Waals surface area (Å²) in [5, 5.41) is 9.70. The fourth-order valence-corrected chi connectivity index (χ4v) is 4.03. The SMILES string of the molecule is C=C1N=C(c2ccccc2-c2ccc(Cn3c(OCC)nc4cccc(C(=O)O)c43)cc2)NO1. The number of amidine groups is 1. The van der Waals surface area contributed by atoms with Crippen molar-refractivity contribution in [2.75, 3.05) is 6.61 Å². The Bertz CT molecular complexity index is 1440. The minimum Gasteiger partial charge on any atom is -0.478 e. The smallest absolute Gasteiger partial charge is 0.337 e. The maximum Gasteiger partial charge on any atom is 0.337 e. The molecule has 170 valence electrons. The van der Waals surface area contributed by atoms with E-state index in [-0.39, 0.29) is 5.56 Å². The number of aromatic carboxylic acids is 1. The number of nitrogens with one attached hydrogen (secondary N) is 1. The summed E-state index contributed by atoms with van der Waals surface area (Å²) >= 11 is 0. The maximum absolute atomic E-state index is 11.8. The van der Waals surface area contributed by atoms with Gasteiger partial charge in [0, 0.05) is 5.56 Å². The maximum atomic E-state index is 11.8. The zero-order valence-corrected chi connectivity index (χ0v) is 18.5. The zero-order valence-electron chi connectivity index (χ0n) is 18.5. The van der Waals surface area contributed by atoms with E-state index in [0.717, 1.165) is 22.3 Å². The molecule has 0 bridgehead atoms. The van der Waals surface area contributed by atoms with Crippen LogP contribution in [-0.2, 0) is 11.4 Å². The van der Waals surface area contributed by atoms with E-state index in [2.05, 4.69) is 22.0 Å². The molecule has 0 fully saturated rings. The molecular weight excluding hydrogens is 432 g/mol. The molecule has 8 nitrogen and oxygen atoms in total. The van der Waals surface area contributed by atoms with Crippen molar-refractivity contribution in [1.29, 1.82) is 0 Å². The number of hydrogen-bond acceptors (Lipinski definition) is 6. The Morgan fingerprint density at radius 2 is 1.85 bits per heavy atom. The first-order valence-electron chi connectivity index (χ1n) is 10.8. The first-order chi connectivity index (χ1) is 16.5. The molecule has 0 saturated heterocycles. The third-order valence-corrected chi connectivity index (χ3v) is 5.53. The lowest BCUT2D eigenvalue weighted by atomic mass is 9.98. The van der Waals surface area contributed by atoms with Gasteiger partial charge in [-0.2, -0.15) is 9.98 Å². The molecule has 2 N–H and O–H groups in total. The van der Waals surface area contributed by atoms with Crippen LogP contribution in [-0.4, -0.2) is 33.1 Å². The van der Waals surface area contributed by atoms with Crippen molar-refractivity contribution < 1.29 is 19.5 Å². The van der Waals surface area contributed by atoms with Gasteiger partial charge in [-0.3, -0.25) is 4.57 Å². The molecule has 3 aromatic carbocycles. The lowest BCUT2D eigenvalue weighted by molar-refractivity contribution is 0.0698. The van der Waals surface area contributed by atoms with E-state index in [9.17, 15) is 9.90 Å². The number of nitrogens with zero attached hydrogens (tertiary/aromatic N) is 3. The molecule has 8 heteroatoms. The largest absolute Gasteiger partial charge is 0.478 e. The number of aliphatic imine (C=N–C) groups is 1. The van der Waals surface area contributed by atoms with Crippen molar-refractivity contribution in [3.8, 4) is 17.1 Å². The number of imidazole rings is 1. The highest BCUT2D eigenvalue weighted by molar-refractivity contribution is 6.05. The standard InChI is InChI=1S/C26H22N4O4/c1-3-33-26-28-22-10-6-9-21(25(31)32)23(22)30(26)15-17-11-13-18(14-12-17)19-7-4-5-8-20(19)24-27-16(2)34-29-24/h4-14H,2-3,15H2,1H3,(H,27,29)(H,31,32). The van der Waals surface area contributed by atoms with Crippen molar-refractivity contribution in [3.05, 3.63) is 95.9 Å². The topological polar surface area (TPSA) is 98.0 Å². The predicted octanol–water partition coefficient (Wildman–Crippen LogP) is 4.60. The fraction of sp³-hybridized carbons (Fsp3) is 0.115. The van der Waals surface area contributed by atoms with E-state index in [1.54, 1.807) is 18.2 Å². The summed E-state index contributed by atoms with van der Waals surface area (Å²) in [5.74, 6) is -0.0764. The van der Waals surface area contributed by atoms with Crippen LogP contribution < -0.4 is 10.2 Å². The number of carboxylic acids is 1. The van der Waals surface area contributed by atoms with Crippen molar-refractivity contribution in [3.63, 3.8) is 0 Å². The highest BCUT2D eigenvalue weighted by atomic mass is 16.7. The molecule has 0 atom stereocenters. The first-order valence-corrected chi connectivity index (χ1v) is 10.8. The zero-order chi connectivity index (χ0) is 23.7. The highest BCUT2D eigenvalue weighted by Crippen LogP contribution is 2.29. The lowest BCUT2D eigenvalue weighted by Gasteiger charge is -2.12. The number of hydroxylamine groups is 1. The second-order valence-corrected chi connectivity index (χ2v) is 7.69. The van der Waals surface area contributed by atoms with E-state index in [1.807, 2.05) is 60.0 Å². The number of hydrogen-bond donors (Lipinski definition) is 2. The van der Waals surface area contributed by atoms with Crippen LogP contribution in [0.3, 0.4) is 0 Å². The molecule has 34 heavy (non-hydrogen) atoms. The average molecular weight is 454 g/mol. The van der Waals surface area contributed by atoms with Crippen LogP contribution in [0.2, 0.25) is 0 Å². The monoisotopic (exact) mass is 454 g/mol. The molecular formula is C26H22N4O4. The van der Waals surface area contributed by atoms with Gasteiger partial charge >= 0.3 is 5.97 Å². The van der Waals surface area contributed by atoms with Gasteiger partial charge in [0.2, 0.25) is 5.88 Å². The van der Waals surface area contributed by atoms with Gasteiger partial charge in [0.05, 0.1) is 29.7 Å². The first kappa shape index (κ1) is 21.3. The van der Waals surface area contributed by atoms with Crippen molar-refractivity contribution in [2.24, 2.45) is 4.99 Å². The van der Waals surface area contributed by atoms with Gasteiger partial charge in [-0.25, -0.2) is 10.3 Å². The molecule has 0 radical (unpaired) electrons. The van der Waals surface area contributed by atoms with Crippen LogP contribution in [0.25, 0.3) is 22.2 Å². The van der Waals surface area contributed by atoms with Crippen LogP contribution in [0.1, 0.15) is 28.4 Å². The molecule has 0 aliphatic carbocycles. The Morgan fingerprint density at radius 3 is 2.53 bits per heavy atom. The summed E-state index contributed by atoms with van der Waals surface area (Å²) in [4.78, 5) is 25.8. The number of carbonyl (C=O) groups is 1. The number of rotatable bonds is 7. The van der Waals surface area contributed by atoms with Crippen LogP contribution >= 0.6 is 0 Å². The second-order valence-electron chi connectivity index (χ2n) is 7.69.